The average Bonchev–Trinajstić information content (AvgIpc) is 2.41. The van der Waals surface area contributed by atoms with Crippen LogP contribution in [0.2, 0.25) is 0 Å². The highest BCUT2D eigenvalue weighted by Gasteiger charge is 2.31. The van der Waals surface area contributed by atoms with Crippen molar-refractivity contribution < 1.29 is 9.53 Å². The number of ether oxygens (including phenoxy) is 1. The number of hydrogen-bond donors (Lipinski definition) is 1. The van der Waals surface area contributed by atoms with Crippen molar-refractivity contribution in [2.24, 2.45) is 5.92 Å². The molecule has 2 unspecified atom stereocenters. The lowest BCUT2D eigenvalue weighted by Crippen LogP contribution is -2.48. The van der Waals surface area contributed by atoms with E-state index in [9.17, 15) is 4.79 Å². The van der Waals surface area contributed by atoms with E-state index in [2.05, 4.69) is 17.4 Å². The molecule has 1 aliphatic heterocycles. The summed E-state index contributed by atoms with van der Waals surface area (Å²) in [7, 11) is 0. The van der Waals surface area contributed by atoms with Crippen molar-refractivity contribution >= 4 is 5.97 Å². The van der Waals surface area contributed by atoms with E-state index in [0.29, 0.717) is 12.5 Å². The molecule has 1 N–H and O–H groups in total. The van der Waals surface area contributed by atoms with Gasteiger partial charge in [-0.15, -0.1) is 0 Å². The molecule has 1 fully saturated rings. The Kier molecular flexibility index (Phi) is 4.76. The Balaban J connectivity index is 2.01. The van der Waals surface area contributed by atoms with Crippen molar-refractivity contribution in [2.45, 2.75) is 32.2 Å². The Morgan fingerprint density at radius 2 is 2.17 bits per heavy atom. The molecular weight excluding hydrogens is 226 g/mol. The van der Waals surface area contributed by atoms with Crippen molar-refractivity contribution in [2.75, 3.05) is 13.2 Å². The highest BCUT2D eigenvalue weighted by atomic mass is 16.5. The highest BCUT2D eigenvalue weighted by Crippen LogP contribution is 2.22. The SMILES string of the molecule is CCOC(=O)C1NCCCC1Cc1ccccc1. The fourth-order valence-corrected chi connectivity index (χ4v) is 2.60. The van der Waals surface area contributed by atoms with Crippen molar-refractivity contribution in [3.63, 3.8) is 0 Å². The zero-order valence-corrected chi connectivity index (χ0v) is 10.9. The minimum Gasteiger partial charge on any atom is -0.465 e. The molecule has 1 saturated heterocycles. The number of hydrogen-bond acceptors (Lipinski definition) is 3. The first-order valence-corrected chi connectivity index (χ1v) is 6.75. The molecule has 1 aromatic rings. The van der Waals surface area contributed by atoms with Crippen LogP contribution in [-0.2, 0) is 16.0 Å². The summed E-state index contributed by atoms with van der Waals surface area (Å²) in [5.41, 5.74) is 1.29. The van der Waals surface area contributed by atoms with Crippen LogP contribution in [0.3, 0.4) is 0 Å². The maximum Gasteiger partial charge on any atom is 0.323 e. The van der Waals surface area contributed by atoms with Crippen LogP contribution in [0.15, 0.2) is 30.3 Å². The summed E-state index contributed by atoms with van der Waals surface area (Å²) in [6, 6.07) is 10.2. The van der Waals surface area contributed by atoms with Crippen LogP contribution in [0.25, 0.3) is 0 Å². The lowest BCUT2D eigenvalue weighted by molar-refractivity contribution is -0.147. The first kappa shape index (κ1) is 13.1. The number of carbonyl (C=O) groups excluding carboxylic acids is 1. The van der Waals surface area contributed by atoms with E-state index in [1.54, 1.807) is 0 Å². The predicted molar refractivity (Wildman–Crippen MR) is 71.3 cm³/mol. The van der Waals surface area contributed by atoms with Gasteiger partial charge in [0, 0.05) is 0 Å². The molecule has 1 aliphatic rings. The molecule has 98 valence electrons. The Morgan fingerprint density at radius 1 is 1.39 bits per heavy atom. The van der Waals surface area contributed by atoms with E-state index in [1.165, 1.54) is 5.56 Å². The Bertz CT molecular complexity index is 377. The van der Waals surface area contributed by atoms with E-state index in [0.717, 1.165) is 25.8 Å². The molecule has 2 atom stereocenters. The van der Waals surface area contributed by atoms with Crippen molar-refractivity contribution in [3.05, 3.63) is 35.9 Å². The molecule has 0 amide bonds. The first-order chi connectivity index (χ1) is 8.81. The number of nitrogens with one attached hydrogen (secondary N) is 1. The second-order valence-electron chi connectivity index (χ2n) is 4.78. The van der Waals surface area contributed by atoms with Crippen LogP contribution in [-0.4, -0.2) is 25.2 Å². The second-order valence-corrected chi connectivity index (χ2v) is 4.78. The van der Waals surface area contributed by atoms with Crippen molar-refractivity contribution in [3.8, 4) is 0 Å². The topological polar surface area (TPSA) is 38.3 Å². The van der Waals surface area contributed by atoms with E-state index in [1.807, 2.05) is 25.1 Å². The van der Waals surface area contributed by atoms with Gasteiger partial charge in [0.05, 0.1) is 6.61 Å². The first-order valence-electron chi connectivity index (χ1n) is 6.75. The van der Waals surface area contributed by atoms with Crippen LogP contribution in [0.5, 0.6) is 0 Å². The summed E-state index contributed by atoms with van der Waals surface area (Å²) in [6.45, 7) is 3.22. The second kappa shape index (κ2) is 6.55. The molecule has 0 radical (unpaired) electrons. The summed E-state index contributed by atoms with van der Waals surface area (Å²) in [6.07, 6.45) is 3.16. The number of carbonyl (C=O) groups is 1. The third-order valence-electron chi connectivity index (χ3n) is 3.47. The molecule has 3 heteroatoms. The van der Waals surface area contributed by atoms with Crippen LogP contribution >= 0.6 is 0 Å². The molecule has 0 aromatic heterocycles. The van der Waals surface area contributed by atoms with Crippen molar-refractivity contribution in [1.29, 1.82) is 0 Å². The van der Waals surface area contributed by atoms with Crippen LogP contribution in [0.1, 0.15) is 25.3 Å². The fraction of sp³-hybridized carbons (Fsp3) is 0.533. The monoisotopic (exact) mass is 247 g/mol. The maximum atomic E-state index is 11.9. The molecule has 2 rings (SSSR count). The van der Waals surface area contributed by atoms with Gasteiger partial charge >= 0.3 is 5.97 Å². The van der Waals surface area contributed by atoms with Gasteiger partial charge in [-0.05, 0) is 44.2 Å². The normalized spacial score (nSPS) is 23.6. The Labute approximate surface area is 109 Å². The minimum atomic E-state index is -0.140. The van der Waals surface area contributed by atoms with E-state index >= 15 is 0 Å². The lowest BCUT2D eigenvalue weighted by Gasteiger charge is -2.31. The van der Waals surface area contributed by atoms with E-state index in [4.69, 9.17) is 4.74 Å². The van der Waals surface area contributed by atoms with Gasteiger partial charge in [-0.25, -0.2) is 0 Å². The number of piperidine rings is 1. The molecule has 1 aromatic carbocycles. The molecule has 0 spiro atoms. The molecule has 0 saturated carbocycles. The van der Waals surface area contributed by atoms with Gasteiger partial charge in [-0.2, -0.15) is 0 Å². The van der Waals surface area contributed by atoms with Gasteiger partial charge in [-0.1, -0.05) is 30.3 Å². The zero-order valence-electron chi connectivity index (χ0n) is 10.9. The maximum absolute atomic E-state index is 11.9. The van der Waals surface area contributed by atoms with Gasteiger partial charge in [0.25, 0.3) is 0 Å². The lowest BCUT2D eigenvalue weighted by atomic mass is 9.85. The van der Waals surface area contributed by atoms with Crippen LogP contribution in [0.4, 0.5) is 0 Å². The zero-order chi connectivity index (χ0) is 12.8. The third-order valence-corrected chi connectivity index (χ3v) is 3.47. The van der Waals surface area contributed by atoms with E-state index in [-0.39, 0.29) is 12.0 Å². The molecular formula is C15H21NO2. The summed E-state index contributed by atoms with van der Waals surface area (Å²) in [5.74, 6) is 0.248. The van der Waals surface area contributed by atoms with Gasteiger partial charge in [0.2, 0.25) is 0 Å². The van der Waals surface area contributed by atoms with Gasteiger partial charge in [0.1, 0.15) is 6.04 Å². The average molecular weight is 247 g/mol. The molecule has 0 bridgehead atoms. The summed E-state index contributed by atoms with van der Waals surface area (Å²) in [5, 5.41) is 3.30. The highest BCUT2D eigenvalue weighted by molar-refractivity contribution is 5.76. The summed E-state index contributed by atoms with van der Waals surface area (Å²) >= 11 is 0. The van der Waals surface area contributed by atoms with Crippen molar-refractivity contribution in [1.82, 2.24) is 5.32 Å². The third kappa shape index (κ3) is 3.33. The summed E-state index contributed by atoms with van der Waals surface area (Å²) < 4.78 is 5.15. The molecule has 18 heavy (non-hydrogen) atoms. The molecule has 0 aliphatic carbocycles. The smallest absolute Gasteiger partial charge is 0.323 e. The standard InChI is InChI=1S/C15H21NO2/c1-2-18-15(17)14-13(9-6-10-16-14)11-12-7-4-3-5-8-12/h3-5,7-8,13-14,16H,2,6,9-11H2,1H3. The van der Waals surface area contributed by atoms with Gasteiger partial charge in [-0.3, -0.25) is 4.79 Å². The van der Waals surface area contributed by atoms with E-state index < -0.39 is 0 Å². The quantitative estimate of drug-likeness (QED) is 0.829. The molecule has 1 heterocycles. The fourth-order valence-electron chi connectivity index (χ4n) is 2.60. The number of rotatable bonds is 4. The van der Waals surface area contributed by atoms with Crippen LogP contribution < -0.4 is 5.32 Å². The number of esters is 1. The molecule has 3 nitrogen and oxygen atoms in total. The van der Waals surface area contributed by atoms with Crippen LogP contribution in [0, 0.1) is 5.92 Å². The largest absolute Gasteiger partial charge is 0.465 e. The number of benzene rings is 1. The minimum absolute atomic E-state index is 0.0990. The predicted octanol–water partition coefficient (Wildman–Crippen LogP) is 2.16. The van der Waals surface area contributed by atoms with Gasteiger partial charge in [0.15, 0.2) is 0 Å². The summed E-state index contributed by atoms with van der Waals surface area (Å²) in [4.78, 5) is 11.9. The Morgan fingerprint density at radius 3 is 2.89 bits per heavy atom. The Hall–Kier alpha value is -1.35. The van der Waals surface area contributed by atoms with Gasteiger partial charge < -0.3 is 10.1 Å².